The van der Waals surface area contributed by atoms with Crippen LogP contribution in [0.1, 0.15) is 25.7 Å². The second kappa shape index (κ2) is 5.36. The highest BCUT2D eigenvalue weighted by Crippen LogP contribution is 2.37. The number of anilines is 1. The molecule has 0 saturated carbocycles. The number of hydrogen-bond donors (Lipinski definition) is 1. The first kappa shape index (κ1) is 13.3. The number of piperidine rings is 1. The van der Waals surface area contributed by atoms with Gasteiger partial charge in [-0.1, -0.05) is 0 Å². The second-order valence-electron chi connectivity index (χ2n) is 5.92. The molecule has 1 aromatic heterocycles. The molecule has 1 N–H and O–H groups in total. The Morgan fingerprint density at radius 1 is 1.45 bits per heavy atom. The zero-order valence-electron chi connectivity index (χ0n) is 11.7. The maximum Gasteiger partial charge on any atom is 0.310 e. The summed E-state index contributed by atoms with van der Waals surface area (Å²) in [6.07, 6.45) is 7.88. The summed E-state index contributed by atoms with van der Waals surface area (Å²) in [7, 11) is 2.22. The Morgan fingerprint density at radius 3 is 2.80 bits per heavy atom. The lowest BCUT2D eigenvalue weighted by atomic mass is 9.91. The van der Waals surface area contributed by atoms with Gasteiger partial charge in [0.05, 0.1) is 4.92 Å². The highest BCUT2D eigenvalue weighted by Gasteiger charge is 2.38. The molecule has 2 aliphatic heterocycles. The van der Waals surface area contributed by atoms with Gasteiger partial charge < -0.3 is 10.2 Å². The molecule has 2 aliphatic rings. The van der Waals surface area contributed by atoms with E-state index >= 15 is 0 Å². The molecule has 6 nitrogen and oxygen atoms in total. The van der Waals surface area contributed by atoms with Gasteiger partial charge in [0.2, 0.25) is 0 Å². The smallest absolute Gasteiger partial charge is 0.310 e. The summed E-state index contributed by atoms with van der Waals surface area (Å²) in [6, 6.07) is 3.09. The Bertz CT molecular complexity index is 494. The van der Waals surface area contributed by atoms with E-state index in [9.17, 15) is 10.1 Å². The Morgan fingerprint density at radius 2 is 2.15 bits per heavy atom. The number of aromatic nitrogens is 1. The molecular formula is C14H20N4O2. The Balaban J connectivity index is 1.62. The number of nitrogens with one attached hydrogen (secondary N) is 1. The molecule has 0 aliphatic carbocycles. The van der Waals surface area contributed by atoms with E-state index in [2.05, 4.69) is 22.2 Å². The largest absolute Gasteiger partial charge is 0.379 e. The molecule has 2 fully saturated rings. The van der Waals surface area contributed by atoms with Gasteiger partial charge in [0, 0.05) is 24.8 Å². The van der Waals surface area contributed by atoms with Crippen LogP contribution >= 0.6 is 0 Å². The van der Waals surface area contributed by atoms with Crippen molar-refractivity contribution in [3.8, 4) is 0 Å². The molecular weight excluding hydrogens is 256 g/mol. The van der Waals surface area contributed by atoms with Crippen molar-refractivity contribution >= 4 is 11.4 Å². The summed E-state index contributed by atoms with van der Waals surface area (Å²) in [5, 5.41) is 14.2. The minimum atomic E-state index is -0.381. The van der Waals surface area contributed by atoms with Crippen LogP contribution in [0.4, 0.5) is 11.4 Å². The maximum atomic E-state index is 10.9. The molecule has 0 aromatic carbocycles. The van der Waals surface area contributed by atoms with Crippen LogP contribution in [0.5, 0.6) is 0 Å². The first-order valence-corrected chi connectivity index (χ1v) is 7.19. The number of nitro groups is 1. The zero-order chi connectivity index (χ0) is 14.1. The van der Waals surface area contributed by atoms with Crippen molar-refractivity contribution in [3.05, 3.63) is 28.6 Å². The number of nitrogens with zero attached hydrogens (tertiary/aromatic N) is 3. The van der Waals surface area contributed by atoms with E-state index in [-0.39, 0.29) is 10.6 Å². The predicted molar refractivity (Wildman–Crippen MR) is 76.7 cm³/mol. The van der Waals surface area contributed by atoms with Gasteiger partial charge in [0.1, 0.15) is 11.9 Å². The third kappa shape index (κ3) is 2.47. The Hall–Kier alpha value is -1.69. The second-order valence-corrected chi connectivity index (χ2v) is 5.92. The predicted octanol–water partition coefficient (Wildman–Crippen LogP) is 2.27. The van der Waals surface area contributed by atoms with Crippen molar-refractivity contribution in [1.82, 2.24) is 9.88 Å². The van der Waals surface area contributed by atoms with Crippen LogP contribution in [0, 0.1) is 16.0 Å². The molecule has 0 spiro atoms. The van der Waals surface area contributed by atoms with Gasteiger partial charge >= 0.3 is 5.69 Å². The van der Waals surface area contributed by atoms with Crippen LogP contribution in [-0.2, 0) is 0 Å². The average molecular weight is 276 g/mol. The topological polar surface area (TPSA) is 71.3 Å². The summed E-state index contributed by atoms with van der Waals surface area (Å²) < 4.78 is 0. The highest BCUT2D eigenvalue weighted by atomic mass is 16.6. The average Bonchev–Trinajstić information content (AvgIpc) is 2.66. The molecule has 0 radical (unpaired) electrons. The molecule has 20 heavy (non-hydrogen) atoms. The van der Waals surface area contributed by atoms with E-state index in [1.54, 1.807) is 12.3 Å². The van der Waals surface area contributed by atoms with Gasteiger partial charge in [-0.15, -0.1) is 0 Å². The zero-order valence-corrected chi connectivity index (χ0v) is 11.7. The van der Waals surface area contributed by atoms with Crippen molar-refractivity contribution in [2.45, 2.75) is 37.8 Å². The molecule has 6 heteroatoms. The number of hydrogen-bond acceptors (Lipinski definition) is 5. The summed E-state index contributed by atoms with van der Waals surface area (Å²) in [5.41, 5.74) is 0.639. The van der Waals surface area contributed by atoms with Crippen LogP contribution in [0.3, 0.4) is 0 Å². The van der Waals surface area contributed by atoms with E-state index in [1.165, 1.54) is 31.9 Å². The lowest BCUT2D eigenvalue weighted by molar-refractivity contribution is -0.384. The van der Waals surface area contributed by atoms with Gasteiger partial charge in [-0.05, 0) is 44.7 Å². The first-order valence-electron chi connectivity index (χ1n) is 7.19. The highest BCUT2D eigenvalue weighted by molar-refractivity contribution is 5.59. The van der Waals surface area contributed by atoms with Gasteiger partial charge in [-0.25, -0.2) is 0 Å². The number of fused-ring (bicyclic) bond motifs is 2. The molecule has 3 rings (SSSR count). The maximum absolute atomic E-state index is 10.9. The summed E-state index contributed by atoms with van der Waals surface area (Å²) in [4.78, 5) is 16.9. The van der Waals surface area contributed by atoms with Crippen molar-refractivity contribution in [2.24, 2.45) is 5.92 Å². The van der Waals surface area contributed by atoms with Gasteiger partial charge in [-0.2, -0.15) is 0 Å². The minimum absolute atomic E-state index is 0.0587. The lowest BCUT2D eigenvalue weighted by Crippen LogP contribution is -2.41. The molecule has 2 saturated heterocycles. The van der Waals surface area contributed by atoms with Crippen molar-refractivity contribution in [3.63, 3.8) is 0 Å². The van der Waals surface area contributed by atoms with Crippen LogP contribution in [0.2, 0.25) is 0 Å². The molecule has 2 atom stereocenters. The molecule has 1 aromatic rings. The third-order valence-corrected chi connectivity index (χ3v) is 4.77. The van der Waals surface area contributed by atoms with E-state index in [1.807, 2.05) is 0 Å². The quantitative estimate of drug-likeness (QED) is 0.674. The molecule has 0 amide bonds. The van der Waals surface area contributed by atoms with Crippen LogP contribution in [0.15, 0.2) is 18.5 Å². The van der Waals surface area contributed by atoms with E-state index in [4.69, 9.17) is 0 Å². The van der Waals surface area contributed by atoms with Gasteiger partial charge in [0.25, 0.3) is 0 Å². The van der Waals surface area contributed by atoms with Crippen LogP contribution < -0.4 is 5.32 Å². The van der Waals surface area contributed by atoms with Crippen LogP contribution in [-0.4, -0.2) is 40.5 Å². The summed E-state index contributed by atoms with van der Waals surface area (Å²) >= 11 is 0. The van der Waals surface area contributed by atoms with Crippen molar-refractivity contribution in [1.29, 1.82) is 0 Å². The van der Waals surface area contributed by atoms with Gasteiger partial charge in [-0.3, -0.25) is 15.1 Å². The fraction of sp³-hybridized carbons (Fsp3) is 0.643. The SMILES string of the molecule is CN1C2CCC1CC(CNc1ccncc1[N+](=O)[O-])C2. The molecule has 3 heterocycles. The minimum Gasteiger partial charge on any atom is -0.379 e. The van der Waals surface area contributed by atoms with Gasteiger partial charge in [0.15, 0.2) is 0 Å². The fourth-order valence-corrected chi connectivity index (χ4v) is 3.63. The standard InChI is InChI=1S/C14H20N4O2/c1-17-11-2-3-12(17)7-10(6-11)8-16-13-4-5-15-9-14(13)18(19)20/h4-5,9-12H,2-3,6-8H2,1H3,(H,15,16). The van der Waals surface area contributed by atoms with E-state index in [0.717, 1.165) is 6.54 Å². The Kier molecular flexibility index (Phi) is 3.56. The lowest BCUT2D eigenvalue weighted by Gasteiger charge is -2.36. The summed E-state index contributed by atoms with van der Waals surface area (Å²) in [5.74, 6) is 0.608. The molecule has 2 unspecified atom stereocenters. The molecule has 108 valence electrons. The van der Waals surface area contributed by atoms with E-state index < -0.39 is 0 Å². The fourth-order valence-electron chi connectivity index (χ4n) is 3.63. The Labute approximate surface area is 118 Å². The van der Waals surface area contributed by atoms with E-state index in [0.29, 0.717) is 23.7 Å². The number of rotatable bonds is 4. The monoisotopic (exact) mass is 276 g/mol. The van der Waals surface area contributed by atoms with Crippen LogP contribution in [0.25, 0.3) is 0 Å². The summed E-state index contributed by atoms with van der Waals surface area (Å²) in [6.45, 7) is 0.811. The van der Waals surface area contributed by atoms with Crippen molar-refractivity contribution < 1.29 is 4.92 Å². The third-order valence-electron chi connectivity index (χ3n) is 4.77. The molecule has 2 bridgehead atoms. The normalized spacial score (nSPS) is 29.4. The number of pyridine rings is 1. The first-order chi connectivity index (χ1) is 9.65. The van der Waals surface area contributed by atoms with Crippen molar-refractivity contribution in [2.75, 3.05) is 18.9 Å².